The van der Waals surface area contributed by atoms with Gasteiger partial charge in [0, 0.05) is 61.1 Å². The van der Waals surface area contributed by atoms with Gasteiger partial charge in [-0.05, 0) is 18.2 Å². The summed E-state index contributed by atoms with van der Waals surface area (Å²) in [4.78, 5) is 31.9. The fraction of sp³-hybridized carbons (Fsp3) is 0.348. The van der Waals surface area contributed by atoms with Crippen LogP contribution in [0.5, 0.6) is 5.88 Å². The number of aromatic nitrogens is 2. The fourth-order valence-corrected chi connectivity index (χ4v) is 5.93. The van der Waals surface area contributed by atoms with Gasteiger partial charge < -0.3 is 19.7 Å². The zero-order valence-electron chi connectivity index (χ0n) is 18.6. The molecule has 2 aliphatic rings. The van der Waals surface area contributed by atoms with E-state index >= 15 is 0 Å². The molecule has 8 nitrogen and oxygen atoms in total. The van der Waals surface area contributed by atoms with Crippen LogP contribution in [0, 0.1) is 11.6 Å². The number of methoxy groups -OCH3 is 1. The van der Waals surface area contributed by atoms with Crippen LogP contribution in [0.2, 0.25) is 5.02 Å². The molecule has 12 heteroatoms. The summed E-state index contributed by atoms with van der Waals surface area (Å²) in [6.07, 6.45) is -0.963. The van der Waals surface area contributed by atoms with E-state index < -0.39 is 23.4 Å². The van der Waals surface area contributed by atoms with Crippen molar-refractivity contribution in [3.05, 3.63) is 51.4 Å². The molecular weight excluding hydrogens is 502 g/mol. The van der Waals surface area contributed by atoms with Gasteiger partial charge in [-0.25, -0.2) is 18.4 Å². The van der Waals surface area contributed by atoms with E-state index in [1.807, 2.05) is 0 Å². The van der Waals surface area contributed by atoms with Crippen molar-refractivity contribution in [2.45, 2.75) is 17.5 Å². The summed E-state index contributed by atoms with van der Waals surface area (Å²) < 4.78 is 41.0. The minimum atomic E-state index is -0.788. The molecule has 1 saturated heterocycles. The predicted octanol–water partition coefficient (Wildman–Crippen LogP) is 3.52. The molecule has 184 valence electrons. The van der Waals surface area contributed by atoms with Gasteiger partial charge in [-0.1, -0.05) is 11.6 Å². The Kier molecular flexibility index (Phi) is 6.67. The number of carbonyl (C=O) groups is 1. The molecule has 0 unspecified atom stereocenters. The Morgan fingerprint density at radius 2 is 2.03 bits per heavy atom. The zero-order valence-corrected chi connectivity index (χ0v) is 20.2. The average Bonchev–Trinajstić information content (AvgIpc) is 3.04. The maximum Gasteiger partial charge on any atom is 0.416 e. The molecule has 3 aromatic rings. The summed E-state index contributed by atoms with van der Waals surface area (Å²) in [7, 11) is 1.54. The van der Waals surface area contributed by atoms with Crippen molar-refractivity contribution in [3.63, 3.8) is 0 Å². The minimum Gasteiger partial charge on any atom is -0.390 e. The normalized spacial score (nSPS) is 17.9. The molecule has 2 aromatic carbocycles. The Labute approximate surface area is 208 Å². The van der Waals surface area contributed by atoms with Crippen molar-refractivity contribution < 1.29 is 23.0 Å². The van der Waals surface area contributed by atoms with Crippen molar-refractivity contribution in [2.24, 2.45) is 0 Å². The van der Waals surface area contributed by atoms with Gasteiger partial charge >= 0.3 is 11.8 Å². The first-order valence-electron chi connectivity index (χ1n) is 10.9. The third-order valence-electron chi connectivity index (χ3n) is 6.03. The Hall–Kier alpha value is -2.73. The first kappa shape index (κ1) is 24.0. The van der Waals surface area contributed by atoms with Gasteiger partial charge in [-0.15, -0.1) is 11.8 Å². The second-order valence-corrected chi connectivity index (χ2v) is 9.60. The van der Waals surface area contributed by atoms with Gasteiger partial charge in [0.2, 0.25) is 5.88 Å². The Bertz CT molecular complexity index is 1380. The molecule has 0 saturated carbocycles. The molecule has 1 atom stereocenters. The average molecular weight is 523 g/mol. The largest absolute Gasteiger partial charge is 0.416 e. The number of carbonyl (C=O) groups excluding carboxylic acids is 1. The molecule has 0 bridgehead atoms. The van der Waals surface area contributed by atoms with E-state index in [-0.39, 0.29) is 29.1 Å². The highest BCUT2D eigenvalue weighted by Crippen LogP contribution is 2.46. The van der Waals surface area contributed by atoms with Crippen molar-refractivity contribution in [1.82, 2.24) is 19.8 Å². The smallest absolute Gasteiger partial charge is 0.390 e. The molecule has 0 aliphatic carbocycles. The number of hydrogen-bond donors (Lipinski definition) is 1. The molecule has 35 heavy (non-hydrogen) atoms. The van der Waals surface area contributed by atoms with Crippen molar-refractivity contribution in [3.8, 4) is 17.0 Å². The molecule has 1 amide bonds. The van der Waals surface area contributed by atoms with Gasteiger partial charge in [0.15, 0.2) is 0 Å². The predicted molar refractivity (Wildman–Crippen MR) is 128 cm³/mol. The van der Waals surface area contributed by atoms with Gasteiger partial charge in [0.25, 0.3) is 0 Å². The van der Waals surface area contributed by atoms with Gasteiger partial charge in [-0.2, -0.15) is 4.98 Å². The SMILES string of the molecule is CO[C@@H]1CSc2c(-c3ccc(F)cc3F)c(Cl)cc3c(OC(=O)N4CCNCC4)nc(=O)n(c23)C1. The Balaban J connectivity index is 1.73. The molecule has 2 aliphatic heterocycles. The lowest BCUT2D eigenvalue weighted by Crippen LogP contribution is -2.47. The quantitative estimate of drug-likeness (QED) is 0.563. The summed E-state index contributed by atoms with van der Waals surface area (Å²) in [5.41, 5.74) is 0.170. The first-order valence-corrected chi connectivity index (χ1v) is 12.3. The molecule has 1 aromatic heterocycles. The number of rotatable bonds is 3. The number of piperazine rings is 1. The topological polar surface area (TPSA) is 85.7 Å². The Morgan fingerprint density at radius 3 is 2.74 bits per heavy atom. The number of amides is 1. The molecule has 5 rings (SSSR count). The molecule has 1 N–H and O–H groups in total. The van der Waals surface area contributed by atoms with Gasteiger partial charge in [-0.3, -0.25) is 4.57 Å². The van der Waals surface area contributed by atoms with Crippen LogP contribution in [0.1, 0.15) is 0 Å². The zero-order chi connectivity index (χ0) is 24.7. The van der Waals surface area contributed by atoms with E-state index in [1.165, 1.54) is 40.5 Å². The summed E-state index contributed by atoms with van der Waals surface area (Å²) in [5, 5.41) is 3.63. The van der Waals surface area contributed by atoms with E-state index in [4.69, 9.17) is 21.1 Å². The Morgan fingerprint density at radius 1 is 1.26 bits per heavy atom. The number of thioether (sulfide) groups is 1. The van der Waals surface area contributed by atoms with E-state index in [2.05, 4.69) is 10.3 Å². The van der Waals surface area contributed by atoms with E-state index in [1.54, 1.807) is 0 Å². The van der Waals surface area contributed by atoms with Crippen LogP contribution in [0.4, 0.5) is 13.6 Å². The summed E-state index contributed by atoms with van der Waals surface area (Å²) in [5.74, 6) is -1.23. The lowest BCUT2D eigenvalue weighted by Gasteiger charge is -2.26. The molecule has 1 fully saturated rings. The van der Waals surface area contributed by atoms with Crippen LogP contribution in [-0.2, 0) is 11.3 Å². The number of benzene rings is 2. The lowest BCUT2D eigenvalue weighted by molar-refractivity contribution is 0.107. The molecule has 0 spiro atoms. The summed E-state index contributed by atoms with van der Waals surface area (Å²) in [6, 6.07) is 4.73. The van der Waals surface area contributed by atoms with Crippen LogP contribution in [-0.4, -0.2) is 65.7 Å². The number of halogens is 3. The van der Waals surface area contributed by atoms with Crippen molar-refractivity contribution in [1.29, 1.82) is 0 Å². The van der Waals surface area contributed by atoms with Crippen LogP contribution < -0.4 is 15.7 Å². The summed E-state index contributed by atoms with van der Waals surface area (Å²) >= 11 is 7.98. The minimum absolute atomic E-state index is 0.0897. The number of nitrogens with zero attached hydrogens (tertiary/aromatic N) is 3. The van der Waals surface area contributed by atoms with Gasteiger partial charge in [0.1, 0.15) is 11.6 Å². The van der Waals surface area contributed by atoms with E-state index in [0.29, 0.717) is 53.3 Å². The molecule has 0 radical (unpaired) electrons. The first-order chi connectivity index (χ1) is 16.9. The number of ether oxygens (including phenoxy) is 2. The lowest BCUT2D eigenvalue weighted by atomic mass is 10.0. The van der Waals surface area contributed by atoms with E-state index in [0.717, 1.165) is 12.1 Å². The summed E-state index contributed by atoms with van der Waals surface area (Å²) in [6.45, 7) is 2.36. The second kappa shape index (κ2) is 9.73. The third kappa shape index (κ3) is 4.49. The highest BCUT2D eigenvalue weighted by molar-refractivity contribution is 7.99. The fourth-order valence-electron chi connectivity index (χ4n) is 4.25. The number of hydrogen-bond acceptors (Lipinski definition) is 7. The molecule has 3 heterocycles. The second-order valence-electron chi connectivity index (χ2n) is 8.17. The van der Waals surface area contributed by atoms with E-state index in [9.17, 15) is 18.4 Å². The van der Waals surface area contributed by atoms with Crippen LogP contribution in [0.15, 0.2) is 34.0 Å². The van der Waals surface area contributed by atoms with Gasteiger partial charge in [0.05, 0.1) is 28.6 Å². The van der Waals surface area contributed by atoms with Crippen molar-refractivity contribution in [2.75, 3.05) is 39.0 Å². The number of nitrogens with one attached hydrogen (secondary N) is 1. The standard InChI is InChI=1S/C23H21ClF2N4O4S/c1-33-13-10-30-19-15(21(28-22(30)31)34-23(32)29-6-4-27-5-7-29)9-16(24)18(20(19)35-11-13)14-3-2-12(25)8-17(14)26/h2-3,8-9,13,27H,4-7,10-11H2,1H3/t13-/m0/s1. The third-order valence-corrected chi connectivity index (χ3v) is 7.55. The van der Waals surface area contributed by atoms with Crippen LogP contribution in [0.25, 0.3) is 22.0 Å². The monoisotopic (exact) mass is 522 g/mol. The maximum atomic E-state index is 14.8. The van der Waals surface area contributed by atoms with Crippen LogP contribution >= 0.6 is 23.4 Å². The maximum absolute atomic E-state index is 14.8. The van der Waals surface area contributed by atoms with Crippen molar-refractivity contribution >= 4 is 40.4 Å². The molecular formula is C23H21ClF2N4O4S. The highest BCUT2D eigenvalue weighted by Gasteiger charge is 2.29. The van der Waals surface area contributed by atoms with Crippen LogP contribution in [0.3, 0.4) is 0 Å². The highest BCUT2D eigenvalue weighted by atomic mass is 35.5.